The minimum absolute atomic E-state index is 0.125. The van der Waals surface area contributed by atoms with E-state index in [1.165, 1.54) is 13.2 Å². The van der Waals surface area contributed by atoms with Crippen LogP contribution in [-0.4, -0.2) is 74.4 Å². The molecule has 0 amide bonds. The van der Waals surface area contributed by atoms with Gasteiger partial charge in [0.1, 0.15) is 0 Å². The van der Waals surface area contributed by atoms with Crippen LogP contribution in [-0.2, 0) is 24.7 Å². The number of alkyl halides is 3. The standard InChI is InChI=1S/C34H39Cl2F3N2O5/c1-4-24(19-26(5-2)34(37,38)39)21-45-22-31(40-46-23-32(42)44-3)28(25-11-12-29(35)30(36)20-25)13-16-41-17-14-33(43,15-18-41)27-9-7-6-8-10-27/h4-12,19-20,28,43H,2,13-18,21-23H2,1,3H3/b24-4+,26-19+,40-31+. The van der Waals surface area contributed by atoms with Crippen molar-refractivity contribution in [1.82, 2.24) is 4.90 Å². The molecule has 2 aromatic carbocycles. The molecule has 3 rings (SSSR count). The van der Waals surface area contributed by atoms with Crippen LogP contribution in [0.3, 0.4) is 0 Å². The zero-order valence-electron chi connectivity index (χ0n) is 25.9. The number of oxime groups is 1. The van der Waals surface area contributed by atoms with E-state index in [9.17, 15) is 23.1 Å². The summed E-state index contributed by atoms with van der Waals surface area (Å²) < 4.78 is 50.4. The highest BCUT2D eigenvalue weighted by Crippen LogP contribution is 2.34. The highest BCUT2D eigenvalue weighted by molar-refractivity contribution is 6.42. The Kier molecular flexibility index (Phi) is 14.3. The number of halogens is 5. The Balaban J connectivity index is 1.82. The van der Waals surface area contributed by atoms with Crippen LogP contribution in [0.5, 0.6) is 0 Å². The molecule has 1 N–H and O–H groups in total. The number of benzene rings is 2. The minimum atomic E-state index is -4.56. The van der Waals surface area contributed by atoms with Gasteiger partial charge in [0.05, 0.1) is 47.3 Å². The van der Waals surface area contributed by atoms with Gasteiger partial charge in [0.25, 0.3) is 0 Å². The van der Waals surface area contributed by atoms with Crippen molar-refractivity contribution < 1.29 is 37.4 Å². The first-order chi connectivity index (χ1) is 21.9. The number of likely N-dealkylation sites (tertiary alicyclic amines) is 1. The normalized spacial score (nSPS) is 17.0. The van der Waals surface area contributed by atoms with Crippen molar-refractivity contribution in [2.24, 2.45) is 5.16 Å². The molecule has 1 heterocycles. The van der Waals surface area contributed by atoms with Crippen LogP contribution >= 0.6 is 23.2 Å². The second kappa shape index (κ2) is 17.7. The van der Waals surface area contributed by atoms with Crippen molar-refractivity contribution in [3.05, 3.63) is 106 Å². The average molecular weight is 684 g/mol. The number of allylic oxidation sites excluding steroid dienone is 3. The fourth-order valence-electron chi connectivity index (χ4n) is 5.11. The second-order valence-electron chi connectivity index (χ2n) is 10.8. The van der Waals surface area contributed by atoms with Gasteiger partial charge in [-0.15, -0.1) is 0 Å². The molecule has 7 nitrogen and oxygen atoms in total. The van der Waals surface area contributed by atoms with Crippen LogP contribution in [0.15, 0.2) is 89.6 Å². The SMILES string of the molecule is C=C/C(=C\C(=C/C)COC/C(=N\OCC(=O)OC)C(CCN1CCC(O)(c2ccccc2)CC1)c1ccc(Cl)c(Cl)c1)C(F)(F)F. The van der Waals surface area contributed by atoms with E-state index in [2.05, 4.69) is 21.4 Å². The topological polar surface area (TPSA) is 80.6 Å². The molecular weight excluding hydrogens is 644 g/mol. The van der Waals surface area contributed by atoms with E-state index >= 15 is 0 Å². The number of carbonyl (C=O) groups excluding carboxylic acids is 1. The van der Waals surface area contributed by atoms with Crippen LogP contribution < -0.4 is 0 Å². The van der Waals surface area contributed by atoms with E-state index in [0.717, 1.165) is 23.3 Å². The molecule has 1 atom stereocenters. The summed E-state index contributed by atoms with van der Waals surface area (Å²) in [6.45, 7) is 6.07. The number of nitrogens with zero attached hydrogens (tertiary/aromatic N) is 2. The highest BCUT2D eigenvalue weighted by Gasteiger charge is 2.34. The van der Waals surface area contributed by atoms with Crippen LogP contribution in [0.4, 0.5) is 13.2 Å². The second-order valence-corrected chi connectivity index (χ2v) is 11.7. The zero-order valence-corrected chi connectivity index (χ0v) is 27.4. The Bertz CT molecular complexity index is 1410. The molecule has 1 aliphatic rings. The first kappa shape index (κ1) is 37.3. The lowest BCUT2D eigenvalue weighted by Gasteiger charge is -2.39. The van der Waals surface area contributed by atoms with Gasteiger partial charge in [-0.25, -0.2) is 4.79 Å². The summed E-state index contributed by atoms with van der Waals surface area (Å²) in [4.78, 5) is 19.3. The number of hydrogen-bond donors (Lipinski definition) is 1. The van der Waals surface area contributed by atoms with Crippen molar-refractivity contribution in [3.63, 3.8) is 0 Å². The van der Waals surface area contributed by atoms with E-state index < -0.39 is 35.8 Å². The Labute approximate surface area is 277 Å². The molecule has 0 radical (unpaired) electrons. The number of ether oxygens (including phenoxy) is 2. The zero-order chi connectivity index (χ0) is 33.7. The first-order valence-electron chi connectivity index (χ1n) is 14.7. The predicted molar refractivity (Wildman–Crippen MR) is 174 cm³/mol. The molecule has 1 unspecified atom stereocenters. The summed E-state index contributed by atoms with van der Waals surface area (Å²) in [6, 6.07) is 14.8. The molecule has 1 aliphatic heterocycles. The molecule has 0 spiro atoms. The maximum absolute atomic E-state index is 13.3. The smallest absolute Gasteiger partial charge is 0.416 e. The number of piperidine rings is 1. The third kappa shape index (κ3) is 11.0. The van der Waals surface area contributed by atoms with E-state index in [-0.39, 0.29) is 18.8 Å². The van der Waals surface area contributed by atoms with Gasteiger partial charge in [-0.3, -0.25) is 0 Å². The van der Waals surface area contributed by atoms with Crippen LogP contribution in [0.25, 0.3) is 0 Å². The average Bonchev–Trinajstić information content (AvgIpc) is 3.04. The molecule has 0 saturated carbocycles. The van der Waals surface area contributed by atoms with Gasteiger partial charge in [-0.05, 0) is 67.6 Å². The molecule has 0 aliphatic carbocycles. The third-order valence-corrected chi connectivity index (χ3v) is 8.59. The number of esters is 1. The van der Waals surface area contributed by atoms with Crippen molar-refractivity contribution in [1.29, 1.82) is 0 Å². The molecular formula is C34H39Cl2F3N2O5. The van der Waals surface area contributed by atoms with Gasteiger partial charge in [0.2, 0.25) is 6.61 Å². The molecule has 1 fully saturated rings. The predicted octanol–water partition coefficient (Wildman–Crippen LogP) is 7.63. The third-order valence-electron chi connectivity index (χ3n) is 7.85. The number of aliphatic hydroxyl groups is 1. The summed E-state index contributed by atoms with van der Waals surface area (Å²) in [6.07, 6.45) is 0.323. The van der Waals surface area contributed by atoms with Gasteiger partial charge in [-0.2, -0.15) is 13.2 Å². The number of carbonyl (C=O) groups is 1. The van der Waals surface area contributed by atoms with Crippen LogP contribution in [0.1, 0.15) is 43.2 Å². The maximum Gasteiger partial charge on any atom is 0.416 e. The van der Waals surface area contributed by atoms with Crippen molar-refractivity contribution in [2.75, 3.05) is 46.6 Å². The molecule has 250 valence electrons. The van der Waals surface area contributed by atoms with E-state index in [0.29, 0.717) is 54.7 Å². The molecule has 46 heavy (non-hydrogen) atoms. The lowest BCUT2D eigenvalue weighted by atomic mass is 9.84. The van der Waals surface area contributed by atoms with Gasteiger partial charge >= 0.3 is 12.1 Å². The monoisotopic (exact) mass is 682 g/mol. The molecule has 0 bridgehead atoms. The van der Waals surface area contributed by atoms with Crippen LogP contribution in [0, 0.1) is 0 Å². The van der Waals surface area contributed by atoms with E-state index in [1.54, 1.807) is 25.1 Å². The molecule has 12 heteroatoms. The Morgan fingerprint density at radius 3 is 2.39 bits per heavy atom. The largest absolute Gasteiger partial charge is 0.466 e. The number of rotatable bonds is 15. The van der Waals surface area contributed by atoms with Gasteiger partial charge < -0.3 is 24.3 Å². The molecule has 2 aromatic rings. The van der Waals surface area contributed by atoms with Gasteiger partial charge in [0.15, 0.2) is 0 Å². The lowest BCUT2D eigenvalue weighted by molar-refractivity contribution is -0.145. The van der Waals surface area contributed by atoms with Crippen molar-refractivity contribution in [2.45, 2.75) is 43.9 Å². The summed E-state index contributed by atoms with van der Waals surface area (Å²) in [5.41, 5.74) is 0.525. The maximum atomic E-state index is 13.3. The fraction of sp³-hybridized carbons (Fsp3) is 0.412. The number of methoxy groups -OCH3 is 1. The van der Waals surface area contributed by atoms with E-state index in [1.807, 2.05) is 30.3 Å². The van der Waals surface area contributed by atoms with Gasteiger partial charge in [0, 0.05) is 19.0 Å². The van der Waals surface area contributed by atoms with Crippen molar-refractivity contribution in [3.8, 4) is 0 Å². The summed E-state index contributed by atoms with van der Waals surface area (Å²) in [5.74, 6) is -1.06. The summed E-state index contributed by atoms with van der Waals surface area (Å²) >= 11 is 12.6. The summed E-state index contributed by atoms with van der Waals surface area (Å²) in [5, 5.41) is 16.2. The Morgan fingerprint density at radius 1 is 1.11 bits per heavy atom. The Hall–Kier alpha value is -3.15. The lowest BCUT2D eigenvalue weighted by Crippen LogP contribution is -2.43. The van der Waals surface area contributed by atoms with Crippen molar-refractivity contribution >= 4 is 34.9 Å². The first-order valence-corrected chi connectivity index (χ1v) is 15.5. The van der Waals surface area contributed by atoms with E-state index in [4.69, 9.17) is 32.8 Å². The highest BCUT2D eigenvalue weighted by atomic mass is 35.5. The van der Waals surface area contributed by atoms with Crippen LogP contribution in [0.2, 0.25) is 10.0 Å². The Morgan fingerprint density at radius 2 is 1.80 bits per heavy atom. The number of hydrogen-bond acceptors (Lipinski definition) is 7. The minimum Gasteiger partial charge on any atom is -0.466 e. The quantitative estimate of drug-likeness (QED) is 0.0901. The fourth-order valence-corrected chi connectivity index (χ4v) is 5.41. The molecule has 0 aromatic heterocycles. The summed E-state index contributed by atoms with van der Waals surface area (Å²) in [7, 11) is 1.22. The molecule has 1 saturated heterocycles. The van der Waals surface area contributed by atoms with Gasteiger partial charge in [-0.1, -0.05) is 83.5 Å².